The summed E-state index contributed by atoms with van der Waals surface area (Å²) >= 11 is 1.59. The van der Waals surface area contributed by atoms with Crippen molar-refractivity contribution in [1.29, 1.82) is 0 Å². The van der Waals surface area contributed by atoms with Gasteiger partial charge in [0.15, 0.2) is 5.70 Å². The first-order valence-electron chi connectivity index (χ1n) is 6.99. The first kappa shape index (κ1) is 13.9. The maximum atomic E-state index is 11.9. The highest BCUT2D eigenvalue weighted by atomic mass is 32.1. The molecule has 4 rings (SSSR count). The Balaban J connectivity index is 1.63. The highest BCUT2D eigenvalue weighted by Gasteiger charge is 2.27. The number of rotatable bonds is 3. The molecule has 2 aliphatic rings. The number of hydrogen-bond acceptors (Lipinski definition) is 7. The van der Waals surface area contributed by atoms with E-state index in [1.54, 1.807) is 11.3 Å². The number of nitro groups is 1. The van der Waals surface area contributed by atoms with Crippen molar-refractivity contribution in [3.8, 4) is 0 Å². The molecular weight excluding hydrogens is 320 g/mol. The zero-order valence-electron chi connectivity index (χ0n) is 11.8. The van der Waals surface area contributed by atoms with Crippen LogP contribution in [-0.4, -0.2) is 16.8 Å². The van der Waals surface area contributed by atoms with Gasteiger partial charge in [-0.3, -0.25) is 10.1 Å². The van der Waals surface area contributed by atoms with E-state index in [9.17, 15) is 14.9 Å². The topological polar surface area (TPSA) is 94.9 Å². The number of ether oxygens (including phenoxy) is 1. The van der Waals surface area contributed by atoms with Gasteiger partial charge in [0.05, 0.1) is 10.9 Å². The zero-order chi connectivity index (χ0) is 16.0. The average molecular weight is 330 g/mol. The maximum absolute atomic E-state index is 11.9. The molecule has 116 valence electrons. The number of aryl methyl sites for hydroxylation is 2. The fourth-order valence-electron chi connectivity index (χ4n) is 2.60. The van der Waals surface area contributed by atoms with Gasteiger partial charge < -0.3 is 9.15 Å². The van der Waals surface area contributed by atoms with Gasteiger partial charge in [0.25, 0.3) is 0 Å². The Labute approximate surface area is 134 Å². The molecule has 23 heavy (non-hydrogen) atoms. The van der Waals surface area contributed by atoms with Crippen LogP contribution < -0.4 is 0 Å². The average Bonchev–Trinajstić information content (AvgIpc) is 3.23. The zero-order valence-corrected chi connectivity index (χ0v) is 12.6. The third kappa shape index (κ3) is 2.46. The molecule has 2 aromatic rings. The third-order valence-corrected chi connectivity index (χ3v) is 4.87. The Morgan fingerprint density at radius 2 is 2.22 bits per heavy atom. The Morgan fingerprint density at radius 1 is 1.35 bits per heavy atom. The number of furan rings is 1. The number of carbonyl (C=O) groups is 1. The molecule has 1 aliphatic heterocycles. The molecule has 0 N–H and O–H groups in total. The summed E-state index contributed by atoms with van der Waals surface area (Å²) in [5.74, 6) is -0.515. The standard InChI is InChI=1S/C15H10N2O5S/c18-15-10(7-9-4-5-13(21-9)17(19)20)16-14(22-15)12-6-8-2-1-3-11(8)23-12/h4-7H,1-3H2/b10-7+. The highest BCUT2D eigenvalue weighted by molar-refractivity contribution is 7.14. The number of esters is 1. The SMILES string of the molecule is O=C1OC(c2cc3c(s2)CCC3)=N/C1=C/c1ccc([N+](=O)[O-])o1. The highest BCUT2D eigenvalue weighted by Crippen LogP contribution is 2.33. The number of nitrogens with zero attached hydrogens (tertiary/aromatic N) is 2. The van der Waals surface area contributed by atoms with Gasteiger partial charge in [-0.1, -0.05) is 0 Å². The lowest BCUT2D eigenvalue weighted by molar-refractivity contribution is -0.402. The maximum Gasteiger partial charge on any atom is 0.433 e. The van der Waals surface area contributed by atoms with E-state index in [2.05, 4.69) is 4.99 Å². The van der Waals surface area contributed by atoms with Crippen LogP contribution in [0.2, 0.25) is 0 Å². The molecule has 7 nitrogen and oxygen atoms in total. The van der Waals surface area contributed by atoms with Crippen molar-refractivity contribution in [1.82, 2.24) is 0 Å². The summed E-state index contributed by atoms with van der Waals surface area (Å²) in [5, 5.41) is 10.6. The summed E-state index contributed by atoms with van der Waals surface area (Å²) in [6, 6.07) is 4.65. The van der Waals surface area contributed by atoms with E-state index in [0.29, 0.717) is 0 Å². The number of fused-ring (bicyclic) bond motifs is 1. The van der Waals surface area contributed by atoms with Crippen LogP contribution in [-0.2, 0) is 22.4 Å². The minimum atomic E-state index is -0.642. The molecule has 0 unspecified atom stereocenters. The van der Waals surface area contributed by atoms with Crippen molar-refractivity contribution >= 4 is 35.2 Å². The van der Waals surface area contributed by atoms with Crippen molar-refractivity contribution in [3.63, 3.8) is 0 Å². The van der Waals surface area contributed by atoms with Crippen molar-refractivity contribution < 1.29 is 18.9 Å². The van der Waals surface area contributed by atoms with Crippen LogP contribution >= 0.6 is 11.3 Å². The normalized spacial score (nSPS) is 18.2. The molecule has 0 spiro atoms. The molecule has 0 amide bonds. The fourth-order valence-corrected chi connectivity index (χ4v) is 3.78. The number of carbonyl (C=O) groups excluding carboxylic acids is 1. The molecule has 3 heterocycles. The summed E-state index contributed by atoms with van der Waals surface area (Å²) in [6.07, 6.45) is 4.60. The molecule has 0 bridgehead atoms. The van der Waals surface area contributed by atoms with Crippen molar-refractivity contribution in [2.24, 2.45) is 4.99 Å². The van der Waals surface area contributed by atoms with Gasteiger partial charge in [-0.05, 0) is 37.0 Å². The lowest BCUT2D eigenvalue weighted by Gasteiger charge is -1.94. The third-order valence-electron chi connectivity index (χ3n) is 3.65. The molecule has 0 radical (unpaired) electrons. The molecule has 2 aromatic heterocycles. The lowest BCUT2D eigenvalue weighted by Crippen LogP contribution is -2.03. The van der Waals surface area contributed by atoms with Crippen LogP contribution in [0.1, 0.15) is 27.5 Å². The molecule has 0 atom stereocenters. The van der Waals surface area contributed by atoms with Crippen molar-refractivity contribution in [2.45, 2.75) is 19.3 Å². The first-order chi connectivity index (χ1) is 11.1. The van der Waals surface area contributed by atoms with Crippen LogP contribution in [0.3, 0.4) is 0 Å². The minimum absolute atomic E-state index is 0.0674. The first-order valence-corrected chi connectivity index (χ1v) is 7.80. The Morgan fingerprint density at radius 3 is 2.96 bits per heavy atom. The van der Waals surface area contributed by atoms with Crippen LogP contribution in [0, 0.1) is 10.1 Å². The van der Waals surface area contributed by atoms with Gasteiger partial charge in [-0.15, -0.1) is 11.3 Å². The van der Waals surface area contributed by atoms with Gasteiger partial charge in [0.1, 0.15) is 10.7 Å². The van der Waals surface area contributed by atoms with Gasteiger partial charge in [-0.2, -0.15) is 0 Å². The quantitative estimate of drug-likeness (QED) is 0.373. The number of aliphatic imine (C=N–C) groups is 1. The van der Waals surface area contributed by atoms with Crippen LogP contribution in [0.25, 0.3) is 6.08 Å². The summed E-state index contributed by atoms with van der Waals surface area (Å²) in [4.78, 5) is 28.2. The summed E-state index contributed by atoms with van der Waals surface area (Å²) in [7, 11) is 0. The van der Waals surface area contributed by atoms with Crippen LogP contribution in [0.15, 0.2) is 33.3 Å². The van der Waals surface area contributed by atoms with E-state index < -0.39 is 10.9 Å². The molecule has 0 saturated heterocycles. The second-order valence-electron chi connectivity index (χ2n) is 5.18. The lowest BCUT2D eigenvalue weighted by atomic mass is 10.2. The van der Waals surface area contributed by atoms with E-state index in [4.69, 9.17) is 9.15 Å². The number of thiophene rings is 1. The summed E-state index contributed by atoms with van der Waals surface area (Å²) in [5.41, 5.74) is 1.36. The Hall–Kier alpha value is -2.74. The largest absolute Gasteiger partial charge is 0.433 e. The van der Waals surface area contributed by atoms with Crippen LogP contribution in [0.5, 0.6) is 0 Å². The van der Waals surface area contributed by atoms with Crippen LogP contribution in [0.4, 0.5) is 5.88 Å². The van der Waals surface area contributed by atoms with E-state index in [0.717, 1.165) is 24.1 Å². The van der Waals surface area contributed by atoms with E-state index in [-0.39, 0.29) is 23.2 Å². The monoisotopic (exact) mass is 330 g/mol. The number of hydrogen-bond donors (Lipinski definition) is 0. The predicted octanol–water partition coefficient (Wildman–Crippen LogP) is 3.08. The Kier molecular flexibility index (Phi) is 3.12. The molecule has 0 fully saturated rings. The molecule has 8 heteroatoms. The van der Waals surface area contributed by atoms with Crippen molar-refractivity contribution in [3.05, 3.63) is 55.1 Å². The van der Waals surface area contributed by atoms with E-state index >= 15 is 0 Å². The second kappa shape index (κ2) is 5.17. The van der Waals surface area contributed by atoms with E-state index in [1.165, 1.54) is 28.6 Å². The van der Waals surface area contributed by atoms with Crippen molar-refractivity contribution in [2.75, 3.05) is 0 Å². The van der Waals surface area contributed by atoms with Gasteiger partial charge in [-0.25, -0.2) is 9.79 Å². The summed E-state index contributed by atoms with van der Waals surface area (Å²) in [6.45, 7) is 0. The van der Waals surface area contributed by atoms with Gasteiger partial charge in [0.2, 0.25) is 5.90 Å². The molecular formula is C15H10N2O5S. The number of cyclic esters (lactones) is 1. The summed E-state index contributed by atoms with van der Waals surface area (Å²) < 4.78 is 10.2. The smallest absolute Gasteiger partial charge is 0.401 e. The Bertz CT molecular complexity index is 868. The minimum Gasteiger partial charge on any atom is -0.401 e. The fraction of sp³-hybridized carbons (Fsp3) is 0.200. The molecule has 1 aliphatic carbocycles. The predicted molar refractivity (Wildman–Crippen MR) is 82.3 cm³/mol. The van der Waals surface area contributed by atoms with E-state index in [1.807, 2.05) is 6.07 Å². The van der Waals surface area contributed by atoms with Gasteiger partial charge in [0, 0.05) is 11.0 Å². The molecule has 0 aromatic carbocycles. The van der Waals surface area contributed by atoms with Gasteiger partial charge >= 0.3 is 11.9 Å². The molecule has 0 saturated carbocycles. The second-order valence-corrected chi connectivity index (χ2v) is 6.32.